The number of sulfonamides is 1. The number of benzene rings is 1. The van der Waals surface area contributed by atoms with Crippen molar-refractivity contribution < 1.29 is 13.2 Å². The number of nitrogens with zero attached hydrogens (tertiary/aromatic N) is 3. The molecule has 2 heterocycles. The first-order valence-electron chi connectivity index (χ1n) is 7.96. The molecule has 1 aromatic heterocycles. The molecule has 1 amide bonds. The van der Waals surface area contributed by atoms with E-state index < -0.39 is 15.9 Å². The molecule has 8 heteroatoms. The van der Waals surface area contributed by atoms with E-state index in [1.54, 1.807) is 42.6 Å². The van der Waals surface area contributed by atoms with Crippen molar-refractivity contribution in [2.45, 2.75) is 11.8 Å². The number of hydrogen-bond donors (Lipinski definition) is 1. The van der Waals surface area contributed by atoms with Gasteiger partial charge in [-0.15, -0.1) is 0 Å². The van der Waals surface area contributed by atoms with Crippen molar-refractivity contribution in [2.24, 2.45) is 5.73 Å². The van der Waals surface area contributed by atoms with E-state index in [0.29, 0.717) is 42.5 Å². The van der Waals surface area contributed by atoms with Crippen LogP contribution in [0.2, 0.25) is 0 Å². The predicted octanol–water partition coefficient (Wildman–Crippen LogP) is 1.000. The van der Waals surface area contributed by atoms with Crippen molar-refractivity contribution in [1.82, 2.24) is 9.29 Å². The Labute approximate surface area is 147 Å². The highest BCUT2D eigenvalue weighted by molar-refractivity contribution is 7.89. The molecule has 132 valence electrons. The highest BCUT2D eigenvalue weighted by atomic mass is 32.2. The number of carbonyl (C=O) groups excluding carboxylic acids is 1. The van der Waals surface area contributed by atoms with Crippen molar-refractivity contribution in [3.05, 3.63) is 53.7 Å². The quantitative estimate of drug-likeness (QED) is 0.877. The summed E-state index contributed by atoms with van der Waals surface area (Å²) in [4.78, 5) is 18.0. The Balaban J connectivity index is 1.76. The number of pyridine rings is 1. The molecule has 3 rings (SSSR count). The maximum absolute atomic E-state index is 12.7. The normalized spacial score (nSPS) is 16.0. The molecular formula is C17H20N4O3S. The first kappa shape index (κ1) is 17.4. The topological polar surface area (TPSA) is 96.6 Å². The van der Waals surface area contributed by atoms with Crippen LogP contribution in [-0.2, 0) is 10.0 Å². The van der Waals surface area contributed by atoms with Gasteiger partial charge in [-0.25, -0.2) is 13.4 Å². The second-order valence-corrected chi connectivity index (χ2v) is 7.88. The van der Waals surface area contributed by atoms with Crippen LogP contribution in [0.3, 0.4) is 0 Å². The third-order valence-corrected chi connectivity index (χ3v) is 6.16. The summed E-state index contributed by atoms with van der Waals surface area (Å²) in [7, 11) is -3.52. The number of carbonyl (C=O) groups is 1. The third kappa shape index (κ3) is 3.49. The molecule has 0 radical (unpaired) electrons. The molecule has 2 aromatic rings. The SMILES string of the molecule is Cc1ccc(S(=O)(=O)N2CCN(c3ncccc3C(N)=O)CC2)cc1. The minimum Gasteiger partial charge on any atom is -0.365 e. The van der Waals surface area contributed by atoms with E-state index >= 15 is 0 Å². The molecule has 2 N–H and O–H groups in total. The molecule has 0 aliphatic carbocycles. The van der Waals surface area contributed by atoms with Gasteiger partial charge >= 0.3 is 0 Å². The van der Waals surface area contributed by atoms with E-state index in [-0.39, 0.29) is 0 Å². The van der Waals surface area contributed by atoms with Crippen LogP contribution < -0.4 is 10.6 Å². The average molecular weight is 360 g/mol. The summed E-state index contributed by atoms with van der Waals surface area (Å²) >= 11 is 0. The summed E-state index contributed by atoms with van der Waals surface area (Å²) in [6.07, 6.45) is 1.59. The van der Waals surface area contributed by atoms with Gasteiger partial charge in [-0.3, -0.25) is 4.79 Å². The van der Waals surface area contributed by atoms with Gasteiger partial charge in [-0.1, -0.05) is 17.7 Å². The van der Waals surface area contributed by atoms with E-state index in [4.69, 9.17) is 5.73 Å². The second kappa shape index (κ2) is 6.81. The smallest absolute Gasteiger partial charge is 0.252 e. The lowest BCUT2D eigenvalue weighted by Gasteiger charge is -2.35. The summed E-state index contributed by atoms with van der Waals surface area (Å²) in [6.45, 7) is 3.46. The van der Waals surface area contributed by atoms with Gasteiger partial charge in [0.25, 0.3) is 5.91 Å². The summed E-state index contributed by atoms with van der Waals surface area (Å²) in [5, 5.41) is 0. The first-order valence-corrected chi connectivity index (χ1v) is 9.40. The fourth-order valence-electron chi connectivity index (χ4n) is 2.84. The lowest BCUT2D eigenvalue weighted by Crippen LogP contribution is -2.49. The summed E-state index contributed by atoms with van der Waals surface area (Å²) in [6, 6.07) is 10.1. The maximum atomic E-state index is 12.7. The zero-order chi connectivity index (χ0) is 18.0. The van der Waals surface area contributed by atoms with Crippen molar-refractivity contribution in [1.29, 1.82) is 0 Å². The average Bonchev–Trinajstić information content (AvgIpc) is 2.62. The fraction of sp³-hybridized carbons (Fsp3) is 0.294. The van der Waals surface area contributed by atoms with E-state index in [1.165, 1.54) is 4.31 Å². The number of amides is 1. The highest BCUT2D eigenvalue weighted by Gasteiger charge is 2.29. The molecule has 7 nitrogen and oxygen atoms in total. The number of aromatic nitrogens is 1. The number of rotatable bonds is 4. The summed E-state index contributed by atoms with van der Waals surface area (Å²) in [5.74, 6) is -0.0415. The molecule has 0 unspecified atom stereocenters. The number of aryl methyl sites for hydroxylation is 1. The van der Waals surface area contributed by atoms with Crippen LogP contribution in [0, 0.1) is 6.92 Å². The number of anilines is 1. The van der Waals surface area contributed by atoms with Crippen molar-refractivity contribution >= 4 is 21.7 Å². The monoisotopic (exact) mass is 360 g/mol. The van der Waals surface area contributed by atoms with Gasteiger partial charge in [0.1, 0.15) is 5.82 Å². The van der Waals surface area contributed by atoms with E-state index in [1.807, 2.05) is 11.8 Å². The van der Waals surface area contributed by atoms with Crippen LogP contribution in [0.4, 0.5) is 5.82 Å². The maximum Gasteiger partial charge on any atom is 0.252 e. The molecule has 1 saturated heterocycles. The molecule has 0 atom stereocenters. The van der Waals surface area contributed by atoms with E-state index in [2.05, 4.69) is 4.98 Å². The Morgan fingerprint density at radius 1 is 1.08 bits per heavy atom. The lowest BCUT2D eigenvalue weighted by atomic mass is 10.2. The van der Waals surface area contributed by atoms with Gasteiger partial charge in [0.2, 0.25) is 10.0 Å². The second-order valence-electron chi connectivity index (χ2n) is 5.94. The van der Waals surface area contributed by atoms with Crippen molar-refractivity contribution in [3.63, 3.8) is 0 Å². The fourth-order valence-corrected chi connectivity index (χ4v) is 4.26. The number of nitrogens with two attached hydrogens (primary N) is 1. The molecule has 1 aromatic carbocycles. The molecule has 1 aliphatic heterocycles. The first-order chi connectivity index (χ1) is 11.9. The third-order valence-electron chi connectivity index (χ3n) is 4.25. The lowest BCUT2D eigenvalue weighted by molar-refractivity contribution is 0.100. The van der Waals surface area contributed by atoms with Gasteiger partial charge in [0.15, 0.2) is 0 Å². The van der Waals surface area contributed by atoms with Gasteiger partial charge < -0.3 is 10.6 Å². The Morgan fingerprint density at radius 3 is 2.32 bits per heavy atom. The van der Waals surface area contributed by atoms with Crippen molar-refractivity contribution in [3.8, 4) is 0 Å². The number of primary amides is 1. The molecular weight excluding hydrogens is 340 g/mol. The van der Waals surface area contributed by atoms with E-state index in [9.17, 15) is 13.2 Å². The number of piperazine rings is 1. The molecule has 1 aliphatic rings. The summed E-state index contributed by atoms with van der Waals surface area (Å²) in [5.41, 5.74) is 6.75. The zero-order valence-corrected chi connectivity index (χ0v) is 14.7. The Hall–Kier alpha value is -2.45. The molecule has 25 heavy (non-hydrogen) atoms. The predicted molar refractivity (Wildman–Crippen MR) is 94.9 cm³/mol. The highest BCUT2D eigenvalue weighted by Crippen LogP contribution is 2.22. The Kier molecular flexibility index (Phi) is 4.73. The minimum absolute atomic E-state index is 0.294. The van der Waals surface area contributed by atoms with Crippen LogP contribution in [0.5, 0.6) is 0 Å². The van der Waals surface area contributed by atoms with Gasteiger partial charge in [-0.05, 0) is 31.2 Å². The minimum atomic E-state index is -3.52. The zero-order valence-electron chi connectivity index (χ0n) is 13.9. The van der Waals surface area contributed by atoms with Crippen LogP contribution in [0.15, 0.2) is 47.5 Å². The van der Waals surface area contributed by atoms with Crippen LogP contribution >= 0.6 is 0 Å². The van der Waals surface area contributed by atoms with Crippen LogP contribution in [0.25, 0.3) is 0 Å². The van der Waals surface area contributed by atoms with Gasteiger partial charge in [-0.2, -0.15) is 4.31 Å². The molecule has 0 saturated carbocycles. The van der Waals surface area contributed by atoms with Gasteiger partial charge in [0, 0.05) is 32.4 Å². The summed E-state index contributed by atoms with van der Waals surface area (Å²) < 4.78 is 26.9. The van der Waals surface area contributed by atoms with Crippen LogP contribution in [-0.4, -0.2) is 49.8 Å². The van der Waals surface area contributed by atoms with Crippen molar-refractivity contribution in [2.75, 3.05) is 31.1 Å². The largest absolute Gasteiger partial charge is 0.365 e. The molecule has 1 fully saturated rings. The molecule has 0 spiro atoms. The number of hydrogen-bond acceptors (Lipinski definition) is 5. The Bertz CT molecular complexity index is 873. The standard InChI is InChI=1S/C17H20N4O3S/c1-13-4-6-14(7-5-13)25(23,24)21-11-9-20(10-12-21)17-15(16(18)22)3-2-8-19-17/h2-8H,9-12H2,1H3,(H2,18,22). The molecule has 0 bridgehead atoms. The van der Waals surface area contributed by atoms with Crippen LogP contribution in [0.1, 0.15) is 15.9 Å². The Morgan fingerprint density at radius 2 is 1.72 bits per heavy atom. The van der Waals surface area contributed by atoms with Gasteiger partial charge in [0.05, 0.1) is 10.5 Å². The van der Waals surface area contributed by atoms with E-state index in [0.717, 1.165) is 5.56 Å².